The Labute approximate surface area is 64.6 Å². The van der Waals surface area contributed by atoms with Crippen molar-refractivity contribution in [3.05, 3.63) is 0 Å². The predicted octanol–water partition coefficient (Wildman–Crippen LogP) is 1.17. The van der Waals surface area contributed by atoms with Crippen LogP contribution in [0.15, 0.2) is 0 Å². The molecule has 1 atom stereocenters. The van der Waals surface area contributed by atoms with Crippen LogP contribution >= 0.6 is 24.2 Å². The third-order valence-electron chi connectivity index (χ3n) is 0.913. The molecule has 0 saturated carbocycles. The van der Waals surface area contributed by atoms with E-state index in [1.165, 1.54) is 0 Å². The number of thiol groups is 1. The van der Waals surface area contributed by atoms with Crippen LogP contribution in [0.3, 0.4) is 0 Å². The first-order valence-corrected chi connectivity index (χ1v) is 3.48. The number of aliphatic hydroxyl groups is 1. The van der Waals surface area contributed by atoms with Crippen LogP contribution in [0, 0.1) is 0 Å². The topological polar surface area (TPSA) is 37.3 Å². The summed E-state index contributed by atoms with van der Waals surface area (Å²) < 4.78 is 0. The van der Waals surface area contributed by atoms with Crippen LogP contribution in [0.5, 0.6) is 0 Å². The average molecular weight is 169 g/mol. The second-order valence-electron chi connectivity index (χ2n) is 1.84. The van der Waals surface area contributed by atoms with Crippen molar-refractivity contribution in [2.45, 2.75) is 24.7 Å². The fourth-order valence-electron chi connectivity index (χ4n) is 0.447. The Morgan fingerprint density at radius 3 is 2.44 bits per heavy atom. The fraction of sp³-hybridized carbons (Fsp3) is 0.800. The molecule has 1 unspecified atom stereocenters. The van der Waals surface area contributed by atoms with Crippen LogP contribution in [0.4, 0.5) is 0 Å². The van der Waals surface area contributed by atoms with Crippen molar-refractivity contribution in [2.24, 2.45) is 0 Å². The van der Waals surface area contributed by atoms with Crippen LogP contribution in [-0.4, -0.2) is 15.3 Å². The highest BCUT2D eigenvalue weighted by molar-refractivity contribution is 7.82. The Morgan fingerprint density at radius 1 is 1.89 bits per heavy atom. The lowest BCUT2D eigenvalue weighted by molar-refractivity contribution is -0.121. The number of hydrogen-bond acceptors (Lipinski definition) is 3. The highest BCUT2D eigenvalue weighted by Crippen LogP contribution is 2.19. The second-order valence-corrected chi connectivity index (χ2v) is 2.92. The zero-order valence-corrected chi connectivity index (χ0v) is 6.75. The Morgan fingerprint density at radius 2 is 2.33 bits per heavy atom. The third-order valence-corrected chi connectivity index (χ3v) is 1.78. The van der Waals surface area contributed by atoms with Crippen molar-refractivity contribution >= 4 is 29.5 Å². The van der Waals surface area contributed by atoms with Gasteiger partial charge in [0.05, 0.1) is 0 Å². The molecule has 0 aliphatic heterocycles. The molecule has 0 spiro atoms. The van der Waals surface area contributed by atoms with Crippen LogP contribution in [0.1, 0.15) is 19.8 Å². The number of carbonyl (C=O) groups excluding carboxylic acids is 1. The molecule has 0 amide bonds. The minimum atomic E-state index is -1.63. The van der Waals surface area contributed by atoms with Gasteiger partial charge < -0.3 is 5.11 Å². The monoisotopic (exact) mass is 168 g/mol. The predicted molar refractivity (Wildman–Crippen MR) is 39.7 cm³/mol. The Bertz CT molecular complexity index is 114. The van der Waals surface area contributed by atoms with Gasteiger partial charge in [0.1, 0.15) is 0 Å². The van der Waals surface area contributed by atoms with E-state index in [9.17, 15) is 4.79 Å². The lowest BCUT2D eigenvalue weighted by atomic mass is 10.2. The molecule has 0 aliphatic carbocycles. The molecule has 2 nitrogen and oxygen atoms in total. The smallest absolute Gasteiger partial charge is 0.263 e. The molecule has 0 bridgehead atoms. The van der Waals surface area contributed by atoms with Gasteiger partial charge in [0.15, 0.2) is 4.93 Å². The molecule has 0 fully saturated rings. The summed E-state index contributed by atoms with van der Waals surface area (Å²) in [4.78, 5) is 8.67. The molecule has 4 heteroatoms. The van der Waals surface area contributed by atoms with E-state index in [0.29, 0.717) is 12.8 Å². The highest BCUT2D eigenvalue weighted by atomic mass is 35.5. The normalized spacial score (nSPS) is 16.9. The molecule has 0 saturated heterocycles. The SMILES string of the molecule is CCCC(O)(S)C(=O)Cl. The summed E-state index contributed by atoms with van der Waals surface area (Å²) in [5.41, 5.74) is 0. The Kier molecular flexibility index (Phi) is 3.54. The molecule has 0 rings (SSSR count). The van der Waals surface area contributed by atoms with E-state index >= 15 is 0 Å². The van der Waals surface area contributed by atoms with Crippen LogP contribution < -0.4 is 0 Å². The van der Waals surface area contributed by atoms with Gasteiger partial charge in [-0.05, 0) is 18.0 Å². The van der Waals surface area contributed by atoms with Crippen LogP contribution in [0.25, 0.3) is 0 Å². The Hall–Kier alpha value is 0.270. The molecule has 0 aromatic rings. The molecule has 1 N–H and O–H groups in total. The minimum Gasteiger partial charge on any atom is -0.371 e. The van der Waals surface area contributed by atoms with Gasteiger partial charge >= 0.3 is 0 Å². The zero-order valence-electron chi connectivity index (χ0n) is 5.09. The standard InChI is InChI=1S/C5H9ClO2S/c1-2-3-5(8,9)4(6)7/h8-9H,2-3H2,1H3. The summed E-state index contributed by atoms with van der Waals surface area (Å²) in [5, 5.41) is 8.16. The van der Waals surface area contributed by atoms with Gasteiger partial charge in [-0.1, -0.05) is 13.3 Å². The number of carbonyl (C=O) groups is 1. The van der Waals surface area contributed by atoms with Crippen molar-refractivity contribution in [3.8, 4) is 0 Å². The van der Waals surface area contributed by atoms with Crippen LogP contribution in [-0.2, 0) is 4.79 Å². The van der Waals surface area contributed by atoms with E-state index in [-0.39, 0.29) is 0 Å². The summed E-state index contributed by atoms with van der Waals surface area (Å²) in [6.07, 6.45) is 0.969. The molecule has 0 aromatic heterocycles. The maximum Gasteiger partial charge on any atom is 0.263 e. The molecule has 0 aromatic carbocycles. The van der Waals surface area contributed by atoms with Gasteiger partial charge in [-0.2, -0.15) is 0 Å². The molecule has 54 valence electrons. The van der Waals surface area contributed by atoms with Crippen molar-refractivity contribution < 1.29 is 9.90 Å². The van der Waals surface area contributed by atoms with Crippen molar-refractivity contribution in [3.63, 3.8) is 0 Å². The highest BCUT2D eigenvalue weighted by Gasteiger charge is 2.28. The van der Waals surface area contributed by atoms with Crippen molar-refractivity contribution in [1.82, 2.24) is 0 Å². The summed E-state index contributed by atoms with van der Waals surface area (Å²) in [6.45, 7) is 1.83. The minimum absolute atomic E-state index is 0.290. The first-order chi connectivity index (χ1) is 4.00. The van der Waals surface area contributed by atoms with Gasteiger partial charge in [0.2, 0.25) is 0 Å². The lowest BCUT2D eigenvalue weighted by Crippen LogP contribution is -2.27. The molecular formula is C5H9ClO2S. The van der Waals surface area contributed by atoms with Crippen LogP contribution in [0.2, 0.25) is 0 Å². The first-order valence-electron chi connectivity index (χ1n) is 2.65. The molecule has 0 heterocycles. The summed E-state index contributed by atoms with van der Waals surface area (Å²) in [6, 6.07) is 0. The number of rotatable bonds is 3. The molecular weight excluding hydrogens is 160 g/mol. The Balaban J connectivity index is 3.85. The molecule has 9 heavy (non-hydrogen) atoms. The lowest BCUT2D eigenvalue weighted by Gasteiger charge is -2.14. The quantitative estimate of drug-likeness (QED) is 0.377. The largest absolute Gasteiger partial charge is 0.371 e. The molecule has 0 radical (unpaired) electrons. The third kappa shape index (κ3) is 3.08. The van der Waals surface area contributed by atoms with E-state index in [4.69, 9.17) is 16.7 Å². The summed E-state index contributed by atoms with van der Waals surface area (Å²) in [5.74, 6) is 0. The van der Waals surface area contributed by atoms with Gasteiger partial charge in [0.25, 0.3) is 5.24 Å². The van der Waals surface area contributed by atoms with E-state index in [1.54, 1.807) is 0 Å². The van der Waals surface area contributed by atoms with Gasteiger partial charge in [0, 0.05) is 0 Å². The summed E-state index contributed by atoms with van der Waals surface area (Å²) >= 11 is 8.62. The number of hydrogen-bond donors (Lipinski definition) is 2. The summed E-state index contributed by atoms with van der Waals surface area (Å²) in [7, 11) is 0. The molecule has 0 aliphatic rings. The van der Waals surface area contributed by atoms with E-state index in [0.717, 1.165) is 0 Å². The van der Waals surface area contributed by atoms with Gasteiger partial charge in [-0.15, -0.1) is 12.6 Å². The maximum atomic E-state index is 10.3. The first kappa shape index (κ1) is 9.27. The zero-order chi connectivity index (χ0) is 7.49. The van der Waals surface area contributed by atoms with Gasteiger partial charge in [-0.25, -0.2) is 0 Å². The van der Waals surface area contributed by atoms with E-state index < -0.39 is 10.2 Å². The van der Waals surface area contributed by atoms with Crippen molar-refractivity contribution in [2.75, 3.05) is 0 Å². The van der Waals surface area contributed by atoms with Crippen molar-refractivity contribution in [1.29, 1.82) is 0 Å². The van der Waals surface area contributed by atoms with E-state index in [2.05, 4.69) is 12.6 Å². The average Bonchev–Trinajstić information content (AvgIpc) is 1.65. The van der Waals surface area contributed by atoms with Gasteiger partial charge in [-0.3, -0.25) is 4.79 Å². The van der Waals surface area contributed by atoms with E-state index in [1.807, 2.05) is 6.92 Å². The number of halogens is 1. The maximum absolute atomic E-state index is 10.3. The second kappa shape index (κ2) is 3.44. The fourth-order valence-corrected chi connectivity index (χ4v) is 0.765.